The van der Waals surface area contributed by atoms with Gasteiger partial charge in [-0.25, -0.2) is 0 Å². The van der Waals surface area contributed by atoms with E-state index in [4.69, 9.17) is 5.11 Å². The number of carboxylic acids is 1. The normalized spacial score (nSPS) is 22.3. The third-order valence-electron chi connectivity index (χ3n) is 2.72. The van der Waals surface area contributed by atoms with Crippen LogP contribution in [0, 0.1) is 5.92 Å². The Morgan fingerprint density at radius 3 is 2.33 bits per heavy atom. The molecule has 0 bridgehead atoms. The molecule has 0 aromatic heterocycles. The first kappa shape index (κ1) is 9.89. The van der Waals surface area contributed by atoms with E-state index >= 15 is 0 Å². The van der Waals surface area contributed by atoms with Gasteiger partial charge in [-0.3, -0.25) is 19.3 Å². The summed E-state index contributed by atoms with van der Waals surface area (Å²) in [6, 6.07) is -0.461. The van der Waals surface area contributed by atoms with Gasteiger partial charge in [0.25, 0.3) is 11.8 Å². The minimum Gasteiger partial charge on any atom is -0.481 e. The van der Waals surface area contributed by atoms with E-state index in [0.29, 0.717) is 0 Å². The minimum absolute atomic E-state index is 0.149. The lowest BCUT2D eigenvalue weighted by Gasteiger charge is -2.24. The molecule has 5 nitrogen and oxygen atoms in total. The summed E-state index contributed by atoms with van der Waals surface area (Å²) in [4.78, 5) is 34.4. The molecule has 1 unspecified atom stereocenters. The molecule has 2 amide bonds. The maximum atomic E-state index is 11.4. The molecular formula is C10H11NO4. The molecule has 0 radical (unpaired) electrons. The summed E-state index contributed by atoms with van der Waals surface area (Å²) in [7, 11) is 0. The molecule has 2 aliphatic rings. The van der Waals surface area contributed by atoms with Gasteiger partial charge in [-0.15, -0.1) is 0 Å². The topological polar surface area (TPSA) is 74.7 Å². The number of aliphatic carboxylic acids is 1. The first-order valence-corrected chi connectivity index (χ1v) is 4.86. The molecule has 1 atom stereocenters. The van der Waals surface area contributed by atoms with Gasteiger partial charge < -0.3 is 5.11 Å². The number of hydrogen-bond acceptors (Lipinski definition) is 3. The van der Waals surface area contributed by atoms with Crippen molar-refractivity contribution < 1.29 is 19.5 Å². The van der Waals surface area contributed by atoms with E-state index in [1.165, 1.54) is 12.2 Å². The number of hydrogen-bond donors (Lipinski definition) is 1. The number of carboxylic acid groups (broad SMARTS) is 1. The molecule has 80 valence electrons. The average molecular weight is 209 g/mol. The maximum Gasteiger partial charge on any atom is 0.305 e. The highest BCUT2D eigenvalue weighted by atomic mass is 16.4. The van der Waals surface area contributed by atoms with Gasteiger partial charge in [0.2, 0.25) is 0 Å². The van der Waals surface area contributed by atoms with Crippen molar-refractivity contribution in [2.45, 2.75) is 25.3 Å². The zero-order chi connectivity index (χ0) is 11.0. The highest BCUT2D eigenvalue weighted by Gasteiger charge is 2.42. The van der Waals surface area contributed by atoms with Crippen LogP contribution in [0.1, 0.15) is 19.3 Å². The molecule has 1 aliphatic carbocycles. The Labute approximate surface area is 86.4 Å². The summed E-state index contributed by atoms with van der Waals surface area (Å²) in [5.41, 5.74) is 0. The number of imide groups is 1. The smallest absolute Gasteiger partial charge is 0.305 e. The van der Waals surface area contributed by atoms with Crippen LogP contribution >= 0.6 is 0 Å². The van der Waals surface area contributed by atoms with Crippen molar-refractivity contribution in [2.24, 2.45) is 5.92 Å². The maximum absolute atomic E-state index is 11.4. The molecule has 1 aliphatic heterocycles. The lowest BCUT2D eigenvalue weighted by atomic mass is 10.1. The van der Waals surface area contributed by atoms with E-state index in [0.717, 1.165) is 17.7 Å². The van der Waals surface area contributed by atoms with Crippen LogP contribution in [0.5, 0.6) is 0 Å². The van der Waals surface area contributed by atoms with Crippen LogP contribution in [0.3, 0.4) is 0 Å². The predicted molar refractivity (Wildman–Crippen MR) is 49.8 cm³/mol. The molecule has 1 N–H and O–H groups in total. The van der Waals surface area contributed by atoms with Crippen LogP contribution in [0.15, 0.2) is 12.2 Å². The Morgan fingerprint density at radius 1 is 1.40 bits per heavy atom. The number of nitrogens with zero attached hydrogens (tertiary/aromatic N) is 1. The fraction of sp³-hybridized carbons (Fsp3) is 0.500. The van der Waals surface area contributed by atoms with Crippen LogP contribution in [-0.2, 0) is 14.4 Å². The summed E-state index contributed by atoms with van der Waals surface area (Å²) >= 11 is 0. The van der Waals surface area contributed by atoms with E-state index < -0.39 is 23.8 Å². The molecule has 0 aromatic carbocycles. The van der Waals surface area contributed by atoms with Crippen LogP contribution in [-0.4, -0.2) is 33.8 Å². The van der Waals surface area contributed by atoms with Crippen molar-refractivity contribution in [3.63, 3.8) is 0 Å². The quantitative estimate of drug-likeness (QED) is 0.669. The van der Waals surface area contributed by atoms with Crippen LogP contribution in [0.4, 0.5) is 0 Å². The molecule has 1 fully saturated rings. The second-order valence-electron chi connectivity index (χ2n) is 3.88. The van der Waals surface area contributed by atoms with Crippen molar-refractivity contribution in [1.29, 1.82) is 0 Å². The third kappa shape index (κ3) is 1.91. The molecule has 5 heteroatoms. The van der Waals surface area contributed by atoms with Gasteiger partial charge in [0.15, 0.2) is 0 Å². The zero-order valence-corrected chi connectivity index (χ0v) is 8.05. The Balaban J connectivity index is 2.13. The summed E-state index contributed by atoms with van der Waals surface area (Å²) in [6.07, 6.45) is 4.03. The molecular weight excluding hydrogens is 198 g/mol. The Bertz CT molecular complexity index is 338. The zero-order valence-electron chi connectivity index (χ0n) is 8.05. The van der Waals surface area contributed by atoms with Gasteiger partial charge in [-0.05, 0) is 18.8 Å². The minimum atomic E-state index is -0.973. The van der Waals surface area contributed by atoms with Gasteiger partial charge in [0.1, 0.15) is 0 Å². The van der Waals surface area contributed by atoms with E-state index in [1.54, 1.807) is 0 Å². The summed E-state index contributed by atoms with van der Waals surface area (Å²) in [5.74, 6) is -1.58. The van der Waals surface area contributed by atoms with E-state index in [-0.39, 0.29) is 12.3 Å². The van der Waals surface area contributed by atoms with Gasteiger partial charge in [0.05, 0.1) is 12.5 Å². The highest BCUT2D eigenvalue weighted by Crippen LogP contribution is 2.37. The number of amides is 2. The fourth-order valence-corrected chi connectivity index (χ4v) is 1.87. The summed E-state index contributed by atoms with van der Waals surface area (Å²) in [6.45, 7) is 0. The molecule has 0 spiro atoms. The molecule has 1 heterocycles. The monoisotopic (exact) mass is 209 g/mol. The average Bonchev–Trinajstić information content (AvgIpc) is 2.91. The number of carbonyl (C=O) groups excluding carboxylic acids is 2. The van der Waals surface area contributed by atoms with Gasteiger partial charge in [-0.1, -0.05) is 0 Å². The van der Waals surface area contributed by atoms with Gasteiger partial charge in [-0.2, -0.15) is 0 Å². The van der Waals surface area contributed by atoms with Crippen molar-refractivity contribution >= 4 is 17.8 Å². The second kappa shape index (κ2) is 3.49. The van der Waals surface area contributed by atoms with Crippen LogP contribution in [0.25, 0.3) is 0 Å². The molecule has 0 saturated heterocycles. The largest absolute Gasteiger partial charge is 0.481 e. The number of carbonyl (C=O) groups is 3. The SMILES string of the molecule is O=C(O)CC(C1CC1)N1C(=O)C=CC1=O. The van der Waals surface area contributed by atoms with E-state index in [9.17, 15) is 14.4 Å². The van der Waals surface area contributed by atoms with E-state index in [1.807, 2.05) is 0 Å². The first-order valence-electron chi connectivity index (χ1n) is 4.86. The van der Waals surface area contributed by atoms with Crippen molar-refractivity contribution in [3.05, 3.63) is 12.2 Å². The third-order valence-corrected chi connectivity index (χ3v) is 2.72. The molecule has 2 rings (SSSR count). The summed E-state index contributed by atoms with van der Waals surface area (Å²) < 4.78 is 0. The van der Waals surface area contributed by atoms with Crippen molar-refractivity contribution in [3.8, 4) is 0 Å². The van der Waals surface area contributed by atoms with Crippen LogP contribution < -0.4 is 0 Å². The lowest BCUT2D eigenvalue weighted by molar-refractivity contribution is -0.143. The van der Waals surface area contributed by atoms with Gasteiger partial charge >= 0.3 is 5.97 Å². The van der Waals surface area contributed by atoms with Crippen LogP contribution in [0.2, 0.25) is 0 Å². The fourth-order valence-electron chi connectivity index (χ4n) is 1.87. The molecule has 15 heavy (non-hydrogen) atoms. The Kier molecular flexibility index (Phi) is 2.30. The van der Waals surface area contributed by atoms with Gasteiger partial charge in [0, 0.05) is 12.2 Å². The Hall–Kier alpha value is -1.65. The van der Waals surface area contributed by atoms with Crippen molar-refractivity contribution in [1.82, 2.24) is 4.90 Å². The number of rotatable bonds is 4. The Morgan fingerprint density at radius 2 is 1.93 bits per heavy atom. The predicted octanol–water partition coefficient (Wildman–Crippen LogP) is 0.165. The van der Waals surface area contributed by atoms with Crippen molar-refractivity contribution in [2.75, 3.05) is 0 Å². The second-order valence-corrected chi connectivity index (χ2v) is 3.88. The van der Waals surface area contributed by atoms with E-state index in [2.05, 4.69) is 0 Å². The lowest BCUT2D eigenvalue weighted by Crippen LogP contribution is -2.42. The summed E-state index contributed by atoms with van der Waals surface area (Å²) in [5, 5.41) is 8.72. The molecule has 0 aromatic rings. The standard InChI is InChI=1S/C10H11NO4/c12-8-3-4-9(13)11(8)7(5-10(14)15)6-1-2-6/h3-4,6-7H,1-2,5H2,(H,14,15). The molecule has 1 saturated carbocycles. The first-order chi connectivity index (χ1) is 7.09. The highest BCUT2D eigenvalue weighted by molar-refractivity contribution is 6.13.